The number of benzene rings is 1. The van der Waals surface area contributed by atoms with Crippen LogP contribution in [0.15, 0.2) is 6.07 Å². The fourth-order valence-corrected chi connectivity index (χ4v) is 2.29. The number of ketones is 1. The number of hydrogen-bond donors (Lipinski definition) is 1. The first-order valence-electron chi connectivity index (χ1n) is 4.42. The van der Waals surface area contributed by atoms with E-state index in [0.29, 0.717) is 0 Å². The first kappa shape index (κ1) is 14.6. The Morgan fingerprint density at radius 3 is 2.12 bits per heavy atom. The van der Waals surface area contributed by atoms with Gasteiger partial charge in [0.25, 0.3) is 0 Å². The van der Waals surface area contributed by atoms with Crippen molar-refractivity contribution in [2.75, 3.05) is 0 Å². The van der Waals surface area contributed by atoms with Gasteiger partial charge < -0.3 is 5.11 Å². The molecule has 0 aliphatic rings. The molecule has 0 saturated heterocycles. The molecule has 1 N–H and O–H groups in total. The highest BCUT2D eigenvalue weighted by Crippen LogP contribution is 2.38. The summed E-state index contributed by atoms with van der Waals surface area (Å²) in [7, 11) is 0. The van der Waals surface area contributed by atoms with Gasteiger partial charge in [0.15, 0.2) is 5.78 Å². The smallest absolute Gasteiger partial charge is 0.303 e. The third-order valence-electron chi connectivity index (χ3n) is 1.96. The minimum atomic E-state index is -1.08. The lowest BCUT2D eigenvalue weighted by atomic mass is 10.1. The van der Waals surface area contributed by atoms with Crippen molar-refractivity contribution in [3.8, 4) is 0 Å². The standard InChI is InChI=1S/C10H6Cl4O3/c11-4-3-5(12)9(13)10(14)8(4)6(15)1-2-7(16)17/h3H,1-2H2,(H,16,17). The molecule has 0 aliphatic heterocycles. The molecule has 3 nitrogen and oxygen atoms in total. The zero-order chi connectivity index (χ0) is 13.2. The molecule has 17 heavy (non-hydrogen) atoms. The van der Waals surface area contributed by atoms with Gasteiger partial charge in [-0.1, -0.05) is 46.4 Å². The van der Waals surface area contributed by atoms with Crippen molar-refractivity contribution in [1.82, 2.24) is 0 Å². The summed E-state index contributed by atoms with van der Waals surface area (Å²) in [5.74, 6) is -1.56. The second kappa shape index (κ2) is 5.91. The Kier molecular flexibility index (Phi) is 5.07. The van der Waals surface area contributed by atoms with Crippen LogP contribution in [0, 0.1) is 0 Å². The lowest BCUT2D eigenvalue weighted by Crippen LogP contribution is -2.05. The van der Waals surface area contributed by atoms with Crippen LogP contribution in [0.5, 0.6) is 0 Å². The summed E-state index contributed by atoms with van der Waals surface area (Å²) in [4.78, 5) is 22.1. The van der Waals surface area contributed by atoms with Crippen molar-refractivity contribution in [3.63, 3.8) is 0 Å². The summed E-state index contributed by atoms with van der Waals surface area (Å²) in [6.07, 6.45) is -0.502. The molecule has 0 aromatic heterocycles. The van der Waals surface area contributed by atoms with Gasteiger partial charge in [-0.3, -0.25) is 9.59 Å². The topological polar surface area (TPSA) is 54.4 Å². The van der Waals surface area contributed by atoms with Crippen molar-refractivity contribution in [3.05, 3.63) is 31.7 Å². The minimum Gasteiger partial charge on any atom is -0.481 e. The minimum absolute atomic E-state index is 0.00369. The molecule has 0 amide bonds. The molecule has 0 unspecified atom stereocenters. The second-order valence-corrected chi connectivity index (χ2v) is 4.73. The summed E-state index contributed by atoms with van der Waals surface area (Å²) in [5.41, 5.74) is 0.00369. The number of aliphatic carboxylic acids is 1. The highest BCUT2D eigenvalue weighted by molar-refractivity contribution is 6.51. The summed E-state index contributed by atoms with van der Waals surface area (Å²) < 4.78 is 0. The van der Waals surface area contributed by atoms with Crippen molar-refractivity contribution in [1.29, 1.82) is 0 Å². The van der Waals surface area contributed by atoms with Crippen molar-refractivity contribution in [2.24, 2.45) is 0 Å². The van der Waals surface area contributed by atoms with Crippen molar-refractivity contribution in [2.45, 2.75) is 12.8 Å². The summed E-state index contributed by atoms with van der Waals surface area (Å²) in [5, 5.41) is 8.64. The van der Waals surface area contributed by atoms with Gasteiger partial charge in [0.05, 0.1) is 32.1 Å². The Bertz CT molecular complexity index is 485. The molecular weight excluding hydrogens is 310 g/mol. The average molecular weight is 316 g/mol. The molecule has 1 aromatic carbocycles. The van der Waals surface area contributed by atoms with E-state index in [0.717, 1.165) is 0 Å². The zero-order valence-electron chi connectivity index (χ0n) is 8.27. The molecule has 0 radical (unpaired) electrons. The third kappa shape index (κ3) is 3.49. The first-order valence-corrected chi connectivity index (χ1v) is 5.93. The van der Waals surface area contributed by atoms with Gasteiger partial charge in [-0.25, -0.2) is 0 Å². The quantitative estimate of drug-likeness (QED) is 0.510. The predicted molar refractivity (Wildman–Crippen MR) is 67.7 cm³/mol. The normalized spacial score (nSPS) is 10.4. The van der Waals surface area contributed by atoms with E-state index in [1.54, 1.807) is 0 Å². The van der Waals surface area contributed by atoms with Crippen LogP contribution in [-0.4, -0.2) is 16.9 Å². The Morgan fingerprint density at radius 1 is 1.00 bits per heavy atom. The molecule has 0 bridgehead atoms. The van der Waals surface area contributed by atoms with E-state index in [4.69, 9.17) is 51.5 Å². The predicted octanol–water partition coefficient (Wildman–Crippen LogP) is 4.35. The van der Waals surface area contributed by atoms with Gasteiger partial charge >= 0.3 is 5.97 Å². The molecule has 0 spiro atoms. The molecule has 0 atom stereocenters. The average Bonchev–Trinajstić information content (AvgIpc) is 2.23. The molecule has 1 rings (SSSR count). The molecule has 92 valence electrons. The number of Topliss-reactive ketones (excluding diaryl/α,β-unsaturated/α-hetero) is 1. The van der Waals surface area contributed by atoms with Gasteiger partial charge in [-0.05, 0) is 6.07 Å². The van der Waals surface area contributed by atoms with Crippen LogP contribution < -0.4 is 0 Å². The molecule has 1 aromatic rings. The maximum atomic E-state index is 11.7. The van der Waals surface area contributed by atoms with E-state index in [2.05, 4.69) is 0 Å². The zero-order valence-corrected chi connectivity index (χ0v) is 11.3. The molecule has 0 fully saturated rings. The number of carbonyl (C=O) groups is 2. The summed E-state index contributed by atoms with van der Waals surface area (Å²) >= 11 is 23.2. The Labute approximate surface area is 117 Å². The number of rotatable bonds is 4. The number of hydrogen-bond acceptors (Lipinski definition) is 2. The van der Waals surface area contributed by atoms with Crippen LogP contribution in [0.1, 0.15) is 23.2 Å². The van der Waals surface area contributed by atoms with Gasteiger partial charge in [-0.15, -0.1) is 0 Å². The first-order chi connectivity index (χ1) is 7.84. The Morgan fingerprint density at radius 2 is 1.59 bits per heavy atom. The van der Waals surface area contributed by atoms with Gasteiger partial charge in [0.2, 0.25) is 0 Å². The molecular formula is C10H6Cl4O3. The lowest BCUT2D eigenvalue weighted by Gasteiger charge is -2.08. The highest BCUT2D eigenvalue weighted by atomic mass is 35.5. The molecule has 0 heterocycles. The SMILES string of the molecule is O=C(O)CCC(=O)c1c(Cl)cc(Cl)c(Cl)c1Cl. The van der Waals surface area contributed by atoms with Crippen LogP contribution in [0.4, 0.5) is 0 Å². The molecule has 0 saturated carbocycles. The largest absolute Gasteiger partial charge is 0.481 e. The van der Waals surface area contributed by atoms with Gasteiger partial charge in [0, 0.05) is 6.42 Å². The highest BCUT2D eigenvalue weighted by Gasteiger charge is 2.20. The van der Waals surface area contributed by atoms with Crippen LogP contribution in [0.3, 0.4) is 0 Å². The fraction of sp³-hybridized carbons (Fsp3) is 0.200. The van der Waals surface area contributed by atoms with E-state index in [9.17, 15) is 9.59 Å². The van der Waals surface area contributed by atoms with Crippen molar-refractivity contribution >= 4 is 58.2 Å². The van der Waals surface area contributed by atoms with Crippen molar-refractivity contribution < 1.29 is 14.7 Å². The van der Waals surface area contributed by atoms with Crippen LogP contribution in [0.2, 0.25) is 20.1 Å². The number of carbonyl (C=O) groups excluding carboxylic acids is 1. The number of halogens is 4. The third-order valence-corrected chi connectivity index (χ3v) is 3.52. The fourth-order valence-electron chi connectivity index (χ4n) is 1.17. The molecule has 7 heteroatoms. The van der Waals surface area contributed by atoms with Crippen LogP contribution in [-0.2, 0) is 4.79 Å². The van der Waals surface area contributed by atoms with E-state index < -0.39 is 11.8 Å². The summed E-state index contributed by atoms with van der Waals surface area (Å²) in [6.45, 7) is 0. The number of carboxylic acids is 1. The van der Waals surface area contributed by atoms with Gasteiger partial charge in [0.1, 0.15) is 0 Å². The number of carboxylic acid groups (broad SMARTS) is 1. The summed E-state index contributed by atoms with van der Waals surface area (Å²) in [6, 6.07) is 1.30. The maximum absolute atomic E-state index is 11.7. The van der Waals surface area contributed by atoms with Crippen LogP contribution >= 0.6 is 46.4 Å². The Balaban J connectivity index is 3.10. The Hall–Kier alpha value is -0.480. The van der Waals surface area contributed by atoms with Crippen LogP contribution in [0.25, 0.3) is 0 Å². The molecule has 0 aliphatic carbocycles. The second-order valence-electron chi connectivity index (χ2n) is 3.16. The van der Waals surface area contributed by atoms with E-state index >= 15 is 0 Å². The van der Waals surface area contributed by atoms with Gasteiger partial charge in [-0.2, -0.15) is 0 Å². The maximum Gasteiger partial charge on any atom is 0.303 e. The van der Waals surface area contributed by atoms with E-state index in [-0.39, 0.29) is 38.5 Å². The van der Waals surface area contributed by atoms with E-state index in [1.807, 2.05) is 0 Å². The van der Waals surface area contributed by atoms with E-state index in [1.165, 1.54) is 6.07 Å². The lowest BCUT2D eigenvalue weighted by molar-refractivity contribution is -0.136. The monoisotopic (exact) mass is 314 g/mol.